The van der Waals surface area contributed by atoms with Crippen LogP contribution in [0, 0.1) is 21.7 Å². The van der Waals surface area contributed by atoms with E-state index in [1.54, 1.807) is 0 Å². The molecule has 84 valence electrons. The van der Waals surface area contributed by atoms with Crippen LogP contribution in [0.15, 0.2) is 0 Å². The lowest BCUT2D eigenvalue weighted by molar-refractivity contribution is 0.123. The first kappa shape index (κ1) is 13.5. The second kappa shape index (κ2) is 3.56. The van der Waals surface area contributed by atoms with Crippen molar-refractivity contribution < 1.29 is 0 Å². The Morgan fingerprint density at radius 2 is 1.36 bits per heavy atom. The van der Waals surface area contributed by atoms with Crippen molar-refractivity contribution in [3.8, 4) is 0 Å². The summed E-state index contributed by atoms with van der Waals surface area (Å²) < 4.78 is 0. The number of amidine groups is 1. The number of rotatable bonds is 2. The van der Waals surface area contributed by atoms with Gasteiger partial charge in [0.25, 0.3) is 0 Å². The minimum atomic E-state index is -0.217. The van der Waals surface area contributed by atoms with Crippen LogP contribution in [0.2, 0.25) is 0 Å². The first-order valence-corrected chi connectivity index (χ1v) is 5.25. The normalized spacial score (nSPS) is 17.6. The van der Waals surface area contributed by atoms with Gasteiger partial charge in [0.05, 0.1) is 5.84 Å². The van der Waals surface area contributed by atoms with E-state index >= 15 is 0 Å². The molecule has 0 fully saturated rings. The van der Waals surface area contributed by atoms with E-state index in [4.69, 9.17) is 11.1 Å². The second-order valence-corrected chi connectivity index (χ2v) is 6.73. The molecule has 0 saturated heterocycles. The number of nitrogens with one attached hydrogen (secondary N) is 1. The molecular weight excluding hydrogens is 172 g/mol. The number of nitrogens with two attached hydrogens (primary N) is 1. The summed E-state index contributed by atoms with van der Waals surface area (Å²) in [5.41, 5.74) is 5.77. The Kier molecular flexibility index (Phi) is 3.42. The summed E-state index contributed by atoms with van der Waals surface area (Å²) in [5.74, 6) is 0.305. The highest BCUT2D eigenvalue weighted by Gasteiger charge is 2.42. The summed E-state index contributed by atoms with van der Waals surface area (Å²) in [5, 5.41) is 7.76. The van der Waals surface area contributed by atoms with Crippen LogP contribution in [0.5, 0.6) is 0 Å². The lowest BCUT2D eigenvalue weighted by atomic mass is 9.61. The molecule has 0 amide bonds. The molecule has 0 aromatic heterocycles. The average molecular weight is 198 g/mol. The van der Waals surface area contributed by atoms with Crippen molar-refractivity contribution in [2.75, 3.05) is 0 Å². The van der Waals surface area contributed by atoms with E-state index in [-0.39, 0.29) is 16.2 Å². The van der Waals surface area contributed by atoms with Gasteiger partial charge in [-0.15, -0.1) is 0 Å². The Morgan fingerprint density at radius 3 is 1.43 bits per heavy atom. The first-order chi connectivity index (χ1) is 5.90. The van der Waals surface area contributed by atoms with E-state index < -0.39 is 0 Å². The van der Waals surface area contributed by atoms with Crippen molar-refractivity contribution in [1.82, 2.24) is 0 Å². The fourth-order valence-electron chi connectivity index (χ4n) is 1.83. The Labute approximate surface area is 88.8 Å². The van der Waals surface area contributed by atoms with Crippen molar-refractivity contribution in [3.05, 3.63) is 0 Å². The Hall–Kier alpha value is -0.530. The molecule has 2 heteroatoms. The van der Waals surface area contributed by atoms with Gasteiger partial charge in [-0.1, -0.05) is 48.5 Å². The summed E-state index contributed by atoms with van der Waals surface area (Å²) in [7, 11) is 0. The molecule has 0 saturated carbocycles. The zero-order valence-electron chi connectivity index (χ0n) is 10.8. The van der Waals surface area contributed by atoms with Crippen molar-refractivity contribution in [2.45, 2.75) is 54.9 Å². The third-order valence-electron chi connectivity index (χ3n) is 3.13. The van der Waals surface area contributed by atoms with Gasteiger partial charge >= 0.3 is 0 Å². The van der Waals surface area contributed by atoms with Crippen molar-refractivity contribution in [2.24, 2.45) is 22.0 Å². The molecule has 0 spiro atoms. The molecule has 14 heavy (non-hydrogen) atoms. The predicted octanol–water partition coefficient (Wildman–Crippen LogP) is 3.41. The van der Waals surface area contributed by atoms with E-state index in [1.807, 2.05) is 0 Å². The summed E-state index contributed by atoms with van der Waals surface area (Å²) in [6.45, 7) is 15.1. The lowest BCUT2D eigenvalue weighted by Crippen LogP contribution is -2.46. The topological polar surface area (TPSA) is 49.9 Å². The Balaban J connectivity index is 5.04. The van der Waals surface area contributed by atoms with Crippen molar-refractivity contribution >= 4 is 5.84 Å². The standard InChI is InChI=1S/C12H26N2/c1-10(2,3)8-12(7,9(13)14)11(4,5)6/h8H2,1-7H3,(H3,13,14). The molecule has 0 aliphatic rings. The maximum absolute atomic E-state index is 7.76. The van der Waals surface area contributed by atoms with E-state index in [1.165, 1.54) is 0 Å². The zero-order valence-corrected chi connectivity index (χ0v) is 10.8. The van der Waals surface area contributed by atoms with Gasteiger partial charge in [0.2, 0.25) is 0 Å². The van der Waals surface area contributed by atoms with E-state index in [0.29, 0.717) is 5.84 Å². The fourth-order valence-corrected chi connectivity index (χ4v) is 1.83. The van der Waals surface area contributed by atoms with Crippen LogP contribution in [0.3, 0.4) is 0 Å². The maximum Gasteiger partial charge on any atom is 0.0971 e. The van der Waals surface area contributed by atoms with Gasteiger partial charge < -0.3 is 5.73 Å². The Morgan fingerprint density at radius 1 is 1.00 bits per heavy atom. The zero-order chi connectivity index (χ0) is 11.8. The molecule has 0 bridgehead atoms. The summed E-state index contributed by atoms with van der Waals surface area (Å²) in [6, 6.07) is 0. The van der Waals surface area contributed by atoms with Gasteiger partial charge in [-0.3, -0.25) is 5.41 Å². The van der Waals surface area contributed by atoms with E-state index in [0.717, 1.165) is 6.42 Å². The van der Waals surface area contributed by atoms with Crippen LogP contribution in [-0.4, -0.2) is 5.84 Å². The number of hydrogen-bond acceptors (Lipinski definition) is 1. The van der Waals surface area contributed by atoms with Gasteiger partial charge in [-0.25, -0.2) is 0 Å². The minimum Gasteiger partial charge on any atom is -0.387 e. The maximum atomic E-state index is 7.76. The highest BCUT2D eigenvalue weighted by molar-refractivity contribution is 5.84. The molecular formula is C12H26N2. The van der Waals surface area contributed by atoms with E-state index in [2.05, 4.69) is 48.5 Å². The van der Waals surface area contributed by atoms with E-state index in [9.17, 15) is 0 Å². The second-order valence-electron chi connectivity index (χ2n) is 6.73. The first-order valence-electron chi connectivity index (χ1n) is 5.25. The van der Waals surface area contributed by atoms with Gasteiger partial charge in [0, 0.05) is 5.41 Å². The lowest BCUT2D eigenvalue weighted by Gasteiger charge is -2.44. The minimum absolute atomic E-state index is 0.0338. The highest BCUT2D eigenvalue weighted by Crippen LogP contribution is 2.46. The highest BCUT2D eigenvalue weighted by atomic mass is 14.8. The van der Waals surface area contributed by atoms with Crippen LogP contribution >= 0.6 is 0 Å². The monoisotopic (exact) mass is 198 g/mol. The van der Waals surface area contributed by atoms with Crippen LogP contribution < -0.4 is 5.73 Å². The molecule has 2 nitrogen and oxygen atoms in total. The van der Waals surface area contributed by atoms with Gasteiger partial charge in [0.15, 0.2) is 0 Å². The molecule has 0 aliphatic heterocycles. The van der Waals surface area contributed by atoms with Gasteiger partial charge in [0.1, 0.15) is 0 Å². The van der Waals surface area contributed by atoms with Crippen LogP contribution in [0.1, 0.15) is 54.9 Å². The molecule has 1 unspecified atom stereocenters. The molecule has 0 aromatic carbocycles. The van der Waals surface area contributed by atoms with Gasteiger partial charge in [-0.2, -0.15) is 0 Å². The van der Waals surface area contributed by atoms with Crippen molar-refractivity contribution in [1.29, 1.82) is 5.41 Å². The van der Waals surface area contributed by atoms with Crippen LogP contribution in [0.25, 0.3) is 0 Å². The quantitative estimate of drug-likeness (QED) is 0.518. The third kappa shape index (κ3) is 3.00. The molecule has 0 radical (unpaired) electrons. The molecule has 0 aliphatic carbocycles. The van der Waals surface area contributed by atoms with Gasteiger partial charge in [-0.05, 0) is 17.3 Å². The molecule has 1 atom stereocenters. The molecule has 0 heterocycles. The molecule has 3 N–H and O–H groups in total. The van der Waals surface area contributed by atoms with Crippen molar-refractivity contribution in [3.63, 3.8) is 0 Å². The summed E-state index contributed by atoms with van der Waals surface area (Å²) in [6.07, 6.45) is 0.943. The molecule has 0 rings (SSSR count). The Bertz CT molecular complexity index is 217. The largest absolute Gasteiger partial charge is 0.387 e. The third-order valence-corrected chi connectivity index (χ3v) is 3.13. The summed E-state index contributed by atoms with van der Waals surface area (Å²) >= 11 is 0. The van der Waals surface area contributed by atoms with Crippen LogP contribution in [0.4, 0.5) is 0 Å². The molecule has 0 aromatic rings. The predicted molar refractivity (Wildman–Crippen MR) is 63.5 cm³/mol. The number of hydrogen-bond donors (Lipinski definition) is 2. The fraction of sp³-hybridized carbons (Fsp3) is 0.917. The smallest absolute Gasteiger partial charge is 0.0971 e. The average Bonchev–Trinajstić information content (AvgIpc) is 1.79. The SMILES string of the molecule is CC(C)(C)CC(C)(C(=N)N)C(C)(C)C. The van der Waals surface area contributed by atoms with Crippen LogP contribution in [-0.2, 0) is 0 Å². The summed E-state index contributed by atoms with van der Waals surface area (Å²) in [4.78, 5) is 0.